The lowest BCUT2D eigenvalue weighted by atomic mass is 10.2. The fourth-order valence-corrected chi connectivity index (χ4v) is 1.33. The van der Waals surface area contributed by atoms with E-state index in [-0.39, 0.29) is 11.3 Å². The molecule has 1 atom stereocenters. The van der Waals surface area contributed by atoms with E-state index in [0.29, 0.717) is 6.54 Å². The van der Waals surface area contributed by atoms with Gasteiger partial charge in [0.15, 0.2) is 6.10 Å². The van der Waals surface area contributed by atoms with Crippen molar-refractivity contribution in [2.45, 2.75) is 20.0 Å². The number of carbonyl (C=O) groups excluding carboxylic acids is 1. The lowest BCUT2D eigenvalue weighted by molar-refractivity contribution is -0.127. The second-order valence-electron chi connectivity index (χ2n) is 3.60. The van der Waals surface area contributed by atoms with Crippen molar-refractivity contribution in [2.24, 2.45) is 0 Å². The van der Waals surface area contributed by atoms with Crippen molar-refractivity contribution in [1.29, 1.82) is 0 Å². The first-order valence-electron chi connectivity index (χ1n) is 5.43. The lowest BCUT2D eigenvalue weighted by Gasteiger charge is -2.15. The topological polar surface area (TPSA) is 75.6 Å². The van der Waals surface area contributed by atoms with Gasteiger partial charge >= 0.3 is 5.97 Å². The van der Waals surface area contributed by atoms with Crippen molar-refractivity contribution in [3.05, 3.63) is 29.6 Å². The van der Waals surface area contributed by atoms with Crippen LogP contribution in [0.4, 0.5) is 4.39 Å². The van der Waals surface area contributed by atoms with Crippen LogP contribution in [0.25, 0.3) is 0 Å². The van der Waals surface area contributed by atoms with Crippen molar-refractivity contribution < 1.29 is 23.8 Å². The van der Waals surface area contributed by atoms with Crippen LogP contribution in [0.3, 0.4) is 0 Å². The minimum Gasteiger partial charge on any atom is -0.480 e. The average molecular weight is 255 g/mol. The Kier molecular flexibility index (Phi) is 4.65. The summed E-state index contributed by atoms with van der Waals surface area (Å²) in [5.41, 5.74) is -0.187. The second kappa shape index (κ2) is 6.00. The highest BCUT2D eigenvalue weighted by molar-refractivity contribution is 5.91. The van der Waals surface area contributed by atoms with E-state index in [2.05, 4.69) is 5.32 Å². The van der Waals surface area contributed by atoms with E-state index in [1.807, 2.05) is 0 Å². The van der Waals surface area contributed by atoms with Gasteiger partial charge in [-0.1, -0.05) is 0 Å². The third kappa shape index (κ3) is 3.44. The van der Waals surface area contributed by atoms with Gasteiger partial charge in [-0.3, -0.25) is 4.79 Å². The molecule has 0 bridgehead atoms. The van der Waals surface area contributed by atoms with Crippen molar-refractivity contribution in [3.8, 4) is 5.75 Å². The number of likely N-dealkylation sites (N-methyl/N-ethyl adjacent to an activating group) is 1. The molecule has 0 heterocycles. The van der Waals surface area contributed by atoms with Crippen LogP contribution in [0.5, 0.6) is 5.75 Å². The van der Waals surface area contributed by atoms with E-state index in [1.165, 1.54) is 6.92 Å². The van der Waals surface area contributed by atoms with Gasteiger partial charge in [0.1, 0.15) is 17.1 Å². The molecule has 1 rings (SSSR count). The predicted octanol–water partition coefficient (Wildman–Crippen LogP) is 1.43. The van der Waals surface area contributed by atoms with Crippen molar-refractivity contribution in [3.63, 3.8) is 0 Å². The molecule has 0 fully saturated rings. The average Bonchev–Trinajstić information content (AvgIpc) is 2.28. The summed E-state index contributed by atoms with van der Waals surface area (Å²) in [6.45, 7) is 3.64. The van der Waals surface area contributed by atoms with Gasteiger partial charge in [0.25, 0.3) is 5.91 Å². The Morgan fingerprint density at radius 3 is 2.72 bits per heavy atom. The Balaban J connectivity index is 2.92. The van der Waals surface area contributed by atoms with Gasteiger partial charge in [-0.25, -0.2) is 9.18 Å². The third-order valence-electron chi connectivity index (χ3n) is 2.20. The SMILES string of the molecule is CCNC(=O)C(C)Oc1cc(F)ccc1C(=O)O. The Bertz CT molecular complexity index is 461. The number of nitrogens with one attached hydrogen (secondary N) is 1. The van der Waals surface area contributed by atoms with E-state index in [1.54, 1.807) is 6.92 Å². The molecular weight excluding hydrogens is 241 g/mol. The van der Waals surface area contributed by atoms with Crippen LogP contribution < -0.4 is 10.1 Å². The van der Waals surface area contributed by atoms with E-state index in [0.717, 1.165) is 18.2 Å². The van der Waals surface area contributed by atoms with Gasteiger partial charge in [0, 0.05) is 12.6 Å². The summed E-state index contributed by atoms with van der Waals surface area (Å²) in [7, 11) is 0. The minimum atomic E-state index is -1.24. The summed E-state index contributed by atoms with van der Waals surface area (Å²) in [5.74, 6) is -2.43. The third-order valence-corrected chi connectivity index (χ3v) is 2.20. The van der Waals surface area contributed by atoms with Gasteiger partial charge in [0.05, 0.1) is 0 Å². The monoisotopic (exact) mass is 255 g/mol. The van der Waals surface area contributed by atoms with Gasteiger partial charge in [-0.05, 0) is 26.0 Å². The van der Waals surface area contributed by atoms with Gasteiger partial charge in [0.2, 0.25) is 0 Å². The molecular formula is C12H14FNO4. The number of carboxylic acids is 1. The summed E-state index contributed by atoms with van der Waals surface area (Å²) in [6, 6.07) is 3.06. The van der Waals surface area contributed by atoms with Crippen molar-refractivity contribution >= 4 is 11.9 Å². The number of aromatic carboxylic acids is 1. The highest BCUT2D eigenvalue weighted by Gasteiger charge is 2.18. The summed E-state index contributed by atoms with van der Waals surface area (Å²) in [6.07, 6.45) is -0.898. The van der Waals surface area contributed by atoms with Crippen LogP contribution in [-0.2, 0) is 4.79 Å². The summed E-state index contributed by atoms with van der Waals surface area (Å²) < 4.78 is 18.2. The molecule has 1 unspecified atom stereocenters. The molecule has 18 heavy (non-hydrogen) atoms. The standard InChI is InChI=1S/C12H14FNO4/c1-3-14-11(15)7(2)18-10-6-8(13)4-5-9(10)12(16)17/h4-7H,3H2,1-2H3,(H,14,15)(H,16,17). The molecule has 5 nitrogen and oxygen atoms in total. The smallest absolute Gasteiger partial charge is 0.339 e. The second-order valence-corrected chi connectivity index (χ2v) is 3.60. The van der Waals surface area contributed by atoms with Gasteiger partial charge in [-0.15, -0.1) is 0 Å². The van der Waals surface area contributed by atoms with Crippen LogP contribution in [0.1, 0.15) is 24.2 Å². The number of halogens is 1. The van der Waals surface area contributed by atoms with E-state index in [9.17, 15) is 14.0 Å². The number of hydrogen-bond donors (Lipinski definition) is 2. The maximum Gasteiger partial charge on any atom is 0.339 e. The molecule has 2 N–H and O–H groups in total. The number of carbonyl (C=O) groups is 2. The molecule has 0 spiro atoms. The molecule has 0 aliphatic rings. The highest BCUT2D eigenvalue weighted by Crippen LogP contribution is 2.21. The lowest BCUT2D eigenvalue weighted by Crippen LogP contribution is -2.36. The first-order chi connectivity index (χ1) is 8.45. The number of hydrogen-bond acceptors (Lipinski definition) is 3. The zero-order chi connectivity index (χ0) is 13.7. The largest absolute Gasteiger partial charge is 0.480 e. The molecule has 0 saturated carbocycles. The summed E-state index contributed by atoms with van der Waals surface area (Å²) in [4.78, 5) is 22.3. The molecule has 0 aromatic heterocycles. The fraction of sp³-hybridized carbons (Fsp3) is 0.333. The summed E-state index contributed by atoms with van der Waals surface area (Å²) in [5, 5.41) is 11.4. The van der Waals surface area contributed by atoms with Crippen LogP contribution in [0.15, 0.2) is 18.2 Å². The number of carboxylic acid groups (broad SMARTS) is 1. The Morgan fingerprint density at radius 2 is 2.17 bits per heavy atom. The van der Waals surface area contributed by atoms with Gasteiger partial charge in [-0.2, -0.15) is 0 Å². The van der Waals surface area contributed by atoms with Crippen molar-refractivity contribution in [1.82, 2.24) is 5.32 Å². The van der Waals surface area contributed by atoms with Crippen molar-refractivity contribution in [2.75, 3.05) is 6.54 Å². The predicted molar refractivity (Wildman–Crippen MR) is 62.1 cm³/mol. The molecule has 98 valence electrons. The molecule has 1 aromatic carbocycles. The first-order valence-corrected chi connectivity index (χ1v) is 5.43. The molecule has 0 aliphatic heterocycles. The minimum absolute atomic E-state index is 0.166. The van der Waals surface area contributed by atoms with Gasteiger partial charge < -0.3 is 15.2 Å². The molecule has 1 aromatic rings. The maximum atomic E-state index is 13.0. The van der Waals surface area contributed by atoms with E-state index in [4.69, 9.17) is 9.84 Å². The van der Waals surface area contributed by atoms with Crippen LogP contribution in [0.2, 0.25) is 0 Å². The van der Waals surface area contributed by atoms with E-state index < -0.39 is 23.8 Å². The van der Waals surface area contributed by atoms with Crippen LogP contribution >= 0.6 is 0 Å². The number of rotatable bonds is 5. The first kappa shape index (κ1) is 14.0. The normalized spacial score (nSPS) is 11.7. The highest BCUT2D eigenvalue weighted by atomic mass is 19.1. The van der Waals surface area contributed by atoms with Crippen LogP contribution in [0, 0.1) is 5.82 Å². The Hall–Kier alpha value is -2.11. The quantitative estimate of drug-likeness (QED) is 0.834. The zero-order valence-electron chi connectivity index (χ0n) is 10.1. The summed E-state index contributed by atoms with van der Waals surface area (Å²) >= 11 is 0. The maximum absolute atomic E-state index is 13.0. The molecule has 1 amide bonds. The zero-order valence-corrected chi connectivity index (χ0v) is 10.1. The van der Waals surface area contributed by atoms with E-state index >= 15 is 0 Å². The Labute approximate surface area is 104 Å². The number of ether oxygens (including phenoxy) is 1. The fourth-order valence-electron chi connectivity index (χ4n) is 1.33. The number of benzene rings is 1. The number of amides is 1. The Morgan fingerprint density at radius 1 is 1.50 bits per heavy atom. The molecule has 0 saturated heterocycles. The van der Waals surface area contributed by atoms with Crippen LogP contribution in [-0.4, -0.2) is 29.6 Å². The molecule has 0 aliphatic carbocycles. The molecule has 0 radical (unpaired) electrons. The molecule has 6 heteroatoms.